The lowest BCUT2D eigenvalue weighted by Gasteiger charge is -2.09. The number of hydrogen-bond donors (Lipinski definition) is 2. The molecule has 2 aromatic carbocycles. The Morgan fingerprint density at radius 1 is 1.21 bits per heavy atom. The van der Waals surface area contributed by atoms with E-state index in [1.165, 1.54) is 6.07 Å². The van der Waals surface area contributed by atoms with Crippen LogP contribution in [0.2, 0.25) is 0 Å². The van der Waals surface area contributed by atoms with Crippen LogP contribution < -0.4 is 15.5 Å². The Labute approximate surface area is 146 Å². The van der Waals surface area contributed by atoms with E-state index in [2.05, 4.69) is 22.4 Å². The van der Waals surface area contributed by atoms with E-state index in [1.54, 1.807) is 36.6 Å². The number of para-hydroxylation sites is 1. The van der Waals surface area contributed by atoms with Gasteiger partial charge in [-0.3, -0.25) is 5.43 Å². The lowest BCUT2D eigenvalue weighted by atomic mass is 10.2. The maximum Gasteiger partial charge on any atom is 0.187 e. The molecule has 0 unspecified atom stereocenters. The molecule has 0 spiro atoms. The number of thiocarbonyl (C=S) groups is 1. The number of ether oxygens (including phenoxy) is 1. The van der Waals surface area contributed by atoms with E-state index in [0.717, 1.165) is 5.56 Å². The monoisotopic (exact) mass is 343 g/mol. The van der Waals surface area contributed by atoms with Crippen molar-refractivity contribution in [3.63, 3.8) is 0 Å². The quantitative estimate of drug-likeness (QED) is 0.350. The third-order valence-electron chi connectivity index (χ3n) is 3.04. The minimum absolute atomic E-state index is 0.143. The molecule has 6 heteroatoms. The molecular formula is C18H18FN3OS. The molecule has 24 heavy (non-hydrogen) atoms. The van der Waals surface area contributed by atoms with Gasteiger partial charge in [-0.15, -0.1) is 6.58 Å². The van der Waals surface area contributed by atoms with Gasteiger partial charge in [0.2, 0.25) is 0 Å². The Kier molecular flexibility index (Phi) is 6.91. The predicted molar refractivity (Wildman–Crippen MR) is 98.7 cm³/mol. The minimum atomic E-state index is -0.288. The van der Waals surface area contributed by atoms with Crippen LogP contribution in [0, 0.1) is 5.82 Å². The second kappa shape index (κ2) is 9.42. The predicted octanol–water partition coefficient (Wildman–Crippen LogP) is 3.39. The molecule has 124 valence electrons. The summed E-state index contributed by atoms with van der Waals surface area (Å²) < 4.78 is 19.3. The van der Waals surface area contributed by atoms with Crippen molar-refractivity contribution in [3.05, 3.63) is 78.1 Å². The number of hydrazone groups is 1. The van der Waals surface area contributed by atoms with Gasteiger partial charge >= 0.3 is 0 Å². The van der Waals surface area contributed by atoms with Crippen molar-refractivity contribution in [3.8, 4) is 5.75 Å². The summed E-state index contributed by atoms with van der Waals surface area (Å²) in [6.07, 6.45) is 3.29. The molecule has 0 amide bonds. The highest BCUT2D eigenvalue weighted by atomic mass is 32.1. The zero-order valence-corrected chi connectivity index (χ0v) is 13.9. The standard InChI is InChI=1S/C18H18FN3OS/c1-2-11-20-18(24)22-21-12-14-7-4-6-10-17(14)23-13-15-8-3-5-9-16(15)19/h2-10,12H,1,11,13H2,(H2,20,22,24)/b21-12-. The van der Waals surface area contributed by atoms with E-state index in [-0.39, 0.29) is 12.4 Å². The Hall–Kier alpha value is -2.73. The van der Waals surface area contributed by atoms with Crippen molar-refractivity contribution in [2.24, 2.45) is 5.10 Å². The molecule has 0 aliphatic carbocycles. The molecule has 2 rings (SSSR count). The summed E-state index contributed by atoms with van der Waals surface area (Å²) in [5, 5.41) is 7.36. The first-order valence-electron chi connectivity index (χ1n) is 7.33. The van der Waals surface area contributed by atoms with Gasteiger partial charge in [-0.2, -0.15) is 5.10 Å². The van der Waals surface area contributed by atoms with Crippen molar-refractivity contribution in [2.45, 2.75) is 6.61 Å². The Morgan fingerprint density at radius 3 is 2.75 bits per heavy atom. The lowest BCUT2D eigenvalue weighted by molar-refractivity contribution is 0.299. The summed E-state index contributed by atoms with van der Waals surface area (Å²) >= 11 is 5.04. The Balaban J connectivity index is 1.98. The summed E-state index contributed by atoms with van der Waals surface area (Å²) in [5.74, 6) is 0.320. The van der Waals surface area contributed by atoms with Crippen LogP contribution in [0.3, 0.4) is 0 Å². The molecule has 0 atom stereocenters. The van der Waals surface area contributed by atoms with E-state index in [4.69, 9.17) is 17.0 Å². The van der Waals surface area contributed by atoms with Crippen LogP contribution in [0.15, 0.2) is 66.3 Å². The average Bonchev–Trinajstić information content (AvgIpc) is 2.60. The lowest BCUT2D eigenvalue weighted by Crippen LogP contribution is -2.31. The van der Waals surface area contributed by atoms with Gasteiger partial charge in [-0.25, -0.2) is 4.39 Å². The van der Waals surface area contributed by atoms with Crippen molar-refractivity contribution >= 4 is 23.5 Å². The van der Waals surface area contributed by atoms with Gasteiger partial charge in [0, 0.05) is 17.7 Å². The summed E-state index contributed by atoms with van der Waals surface area (Å²) in [7, 11) is 0. The molecule has 0 aliphatic rings. The number of halogens is 1. The van der Waals surface area contributed by atoms with E-state index in [0.29, 0.717) is 23.0 Å². The number of nitrogens with zero attached hydrogens (tertiary/aromatic N) is 1. The van der Waals surface area contributed by atoms with Crippen LogP contribution in [0.25, 0.3) is 0 Å². The fourth-order valence-corrected chi connectivity index (χ4v) is 1.99. The zero-order valence-electron chi connectivity index (χ0n) is 13.0. The van der Waals surface area contributed by atoms with Gasteiger partial charge < -0.3 is 10.1 Å². The third-order valence-corrected chi connectivity index (χ3v) is 3.27. The van der Waals surface area contributed by atoms with Crippen molar-refractivity contribution in [1.29, 1.82) is 0 Å². The average molecular weight is 343 g/mol. The Bertz CT molecular complexity index is 734. The first kappa shape index (κ1) is 17.6. The molecule has 0 radical (unpaired) electrons. The van der Waals surface area contributed by atoms with Crippen LogP contribution in [-0.2, 0) is 6.61 Å². The molecule has 2 N–H and O–H groups in total. The summed E-state index contributed by atoms with van der Waals surface area (Å²) in [5.41, 5.74) is 3.96. The van der Waals surface area contributed by atoms with Crippen LogP contribution in [0.4, 0.5) is 4.39 Å². The highest BCUT2D eigenvalue weighted by Crippen LogP contribution is 2.18. The van der Waals surface area contributed by atoms with Crippen molar-refractivity contribution < 1.29 is 9.13 Å². The topological polar surface area (TPSA) is 45.7 Å². The summed E-state index contributed by atoms with van der Waals surface area (Å²) in [6, 6.07) is 13.9. The van der Waals surface area contributed by atoms with E-state index in [1.807, 2.05) is 18.2 Å². The second-order valence-electron chi connectivity index (χ2n) is 4.79. The van der Waals surface area contributed by atoms with Crippen molar-refractivity contribution in [1.82, 2.24) is 10.7 Å². The molecule has 0 saturated heterocycles. The van der Waals surface area contributed by atoms with Crippen LogP contribution in [-0.4, -0.2) is 17.9 Å². The maximum absolute atomic E-state index is 13.6. The van der Waals surface area contributed by atoms with Gasteiger partial charge in [-0.1, -0.05) is 36.4 Å². The van der Waals surface area contributed by atoms with Gasteiger partial charge in [-0.05, 0) is 30.4 Å². The summed E-state index contributed by atoms with van der Waals surface area (Å²) in [4.78, 5) is 0. The normalized spacial score (nSPS) is 10.4. The maximum atomic E-state index is 13.6. The van der Waals surface area contributed by atoms with Crippen LogP contribution in [0.1, 0.15) is 11.1 Å². The fourth-order valence-electron chi connectivity index (χ4n) is 1.85. The number of rotatable bonds is 7. The molecule has 2 aromatic rings. The highest BCUT2D eigenvalue weighted by Gasteiger charge is 2.04. The molecule has 0 aliphatic heterocycles. The van der Waals surface area contributed by atoms with Gasteiger partial charge in [0.15, 0.2) is 5.11 Å². The fraction of sp³-hybridized carbons (Fsp3) is 0.111. The first-order valence-corrected chi connectivity index (χ1v) is 7.74. The summed E-state index contributed by atoms with van der Waals surface area (Å²) in [6.45, 7) is 4.29. The second-order valence-corrected chi connectivity index (χ2v) is 5.19. The van der Waals surface area contributed by atoms with Crippen LogP contribution in [0.5, 0.6) is 5.75 Å². The molecule has 0 heterocycles. The Morgan fingerprint density at radius 2 is 1.96 bits per heavy atom. The van der Waals surface area contributed by atoms with E-state index < -0.39 is 0 Å². The smallest absolute Gasteiger partial charge is 0.187 e. The highest BCUT2D eigenvalue weighted by molar-refractivity contribution is 7.80. The molecule has 0 bridgehead atoms. The third kappa shape index (κ3) is 5.48. The molecule has 0 saturated carbocycles. The van der Waals surface area contributed by atoms with E-state index in [9.17, 15) is 4.39 Å². The van der Waals surface area contributed by atoms with E-state index >= 15 is 0 Å². The molecule has 0 fully saturated rings. The number of nitrogens with one attached hydrogen (secondary N) is 2. The van der Waals surface area contributed by atoms with Gasteiger partial charge in [0.25, 0.3) is 0 Å². The number of benzene rings is 2. The van der Waals surface area contributed by atoms with Crippen LogP contribution >= 0.6 is 12.2 Å². The number of hydrogen-bond acceptors (Lipinski definition) is 3. The minimum Gasteiger partial charge on any atom is -0.488 e. The molecular weight excluding hydrogens is 325 g/mol. The molecule has 4 nitrogen and oxygen atoms in total. The van der Waals surface area contributed by atoms with Crippen molar-refractivity contribution in [2.75, 3.05) is 6.54 Å². The molecule has 0 aromatic heterocycles. The first-order chi connectivity index (χ1) is 11.7. The van der Waals surface area contributed by atoms with Gasteiger partial charge in [0.1, 0.15) is 18.2 Å². The SMILES string of the molecule is C=CCNC(=S)N/N=C\c1ccccc1OCc1ccccc1F. The largest absolute Gasteiger partial charge is 0.488 e. The van der Waals surface area contributed by atoms with Gasteiger partial charge in [0.05, 0.1) is 6.21 Å². The zero-order chi connectivity index (χ0) is 17.2.